The second-order valence-electron chi connectivity index (χ2n) is 5.90. The standard InChI is InChI=1S/C19H17F3N2O4/c1-10-4-3-5-12(8-10)19(27)23-9-15(25)28-11(2)18(26)24-14-7-6-13(20)16(21)17(14)22/h3-8,11H,9H2,1-2H3,(H,23,27)(H,24,26). The van der Waals surface area contributed by atoms with Crippen molar-refractivity contribution >= 4 is 23.5 Å². The van der Waals surface area contributed by atoms with Crippen LogP contribution in [0.3, 0.4) is 0 Å². The van der Waals surface area contributed by atoms with Crippen LogP contribution in [0.1, 0.15) is 22.8 Å². The molecule has 2 aromatic rings. The number of benzene rings is 2. The molecule has 2 aromatic carbocycles. The number of aryl methyl sites for hydroxylation is 1. The summed E-state index contributed by atoms with van der Waals surface area (Å²) in [6.07, 6.45) is -1.36. The number of hydrogen-bond donors (Lipinski definition) is 2. The number of esters is 1. The number of carbonyl (C=O) groups excluding carboxylic acids is 3. The van der Waals surface area contributed by atoms with Crippen LogP contribution in [-0.2, 0) is 14.3 Å². The summed E-state index contributed by atoms with van der Waals surface area (Å²) < 4.78 is 44.5. The molecule has 1 unspecified atom stereocenters. The van der Waals surface area contributed by atoms with Crippen molar-refractivity contribution in [1.82, 2.24) is 5.32 Å². The predicted octanol–water partition coefficient (Wildman–Crippen LogP) is 2.71. The number of hydrogen-bond acceptors (Lipinski definition) is 4. The zero-order valence-corrected chi connectivity index (χ0v) is 15.0. The molecular weight excluding hydrogens is 377 g/mol. The van der Waals surface area contributed by atoms with Gasteiger partial charge in [-0.25, -0.2) is 13.2 Å². The Hall–Kier alpha value is -3.36. The molecule has 148 valence electrons. The van der Waals surface area contributed by atoms with E-state index in [1.165, 1.54) is 6.92 Å². The van der Waals surface area contributed by atoms with Gasteiger partial charge in [0.2, 0.25) is 0 Å². The van der Waals surface area contributed by atoms with Crippen molar-refractivity contribution < 1.29 is 32.3 Å². The van der Waals surface area contributed by atoms with Crippen molar-refractivity contribution in [2.24, 2.45) is 0 Å². The maximum atomic E-state index is 13.6. The summed E-state index contributed by atoms with van der Waals surface area (Å²) in [5.74, 6) is -7.07. The maximum Gasteiger partial charge on any atom is 0.326 e. The number of amides is 2. The molecule has 0 aliphatic rings. The van der Waals surface area contributed by atoms with Crippen LogP contribution in [0, 0.1) is 24.4 Å². The molecule has 6 nitrogen and oxygen atoms in total. The molecule has 0 fully saturated rings. The first-order valence-electron chi connectivity index (χ1n) is 8.17. The molecule has 2 amide bonds. The second kappa shape index (κ2) is 9.03. The molecule has 0 heterocycles. The Morgan fingerprint density at radius 1 is 1.07 bits per heavy atom. The highest BCUT2D eigenvalue weighted by Gasteiger charge is 2.21. The highest BCUT2D eigenvalue weighted by atomic mass is 19.2. The van der Waals surface area contributed by atoms with Gasteiger partial charge in [0.1, 0.15) is 6.54 Å². The lowest BCUT2D eigenvalue weighted by Gasteiger charge is -2.14. The Bertz CT molecular complexity index is 918. The van der Waals surface area contributed by atoms with Crippen LogP contribution in [0.25, 0.3) is 0 Å². The summed E-state index contributed by atoms with van der Waals surface area (Å²) in [7, 11) is 0. The largest absolute Gasteiger partial charge is 0.451 e. The van der Waals surface area contributed by atoms with E-state index in [4.69, 9.17) is 4.74 Å². The van der Waals surface area contributed by atoms with Gasteiger partial charge in [-0.2, -0.15) is 0 Å². The topological polar surface area (TPSA) is 84.5 Å². The Labute approximate surface area is 158 Å². The van der Waals surface area contributed by atoms with Crippen molar-refractivity contribution in [3.63, 3.8) is 0 Å². The fourth-order valence-corrected chi connectivity index (χ4v) is 2.19. The number of carbonyl (C=O) groups is 3. The van der Waals surface area contributed by atoms with Gasteiger partial charge in [-0.3, -0.25) is 14.4 Å². The van der Waals surface area contributed by atoms with E-state index in [0.717, 1.165) is 11.6 Å². The summed E-state index contributed by atoms with van der Waals surface area (Å²) in [5, 5.41) is 4.34. The highest BCUT2D eigenvalue weighted by molar-refractivity contribution is 5.97. The number of nitrogens with one attached hydrogen (secondary N) is 2. The molecule has 2 N–H and O–H groups in total. The molecule has 0 saturated carbocycles. The molecule has 0 radical (unpaired) electrons. The summed E-state index contributed by atoms with van der Waals surface area (Å²) in [6, 6.07) is 8.18. The molecule has 0 aromatic heterocycles. The van der Waals surface area contributed by atoms with Crippen molar-refractivity contribution in [1.29, 1.82) is 0 Å². The van der Waals surface area contributed by atoms with Crippen LogP contribution in [-0.4, -0.2) is 30.4 Å². The lowest BCUT2D eigenvalue weighted by atomic mass is 10.1. The van der Waals surface area contributed by atoms with Crippen molar-refractivity contribution in [2.45, 2.75) is 20.0 Å². The molecule has 1 atom stereocenters. The molecule has 0 saturated heterocycles. The Morgan fingerprint density at radius 3 is 2.46 bits per heavy atom. The molecule has 0 aliphatic heterocycles. The molecule has 2 rings (SSSR count). The average molecular weight is 394 g/mol. The van der Waals surface area contributed by atoms with Crippen LogP contribution < -0.4 is 10.6 Å². The molecule has 9 heteroatoms. The predicted molar refractivity (Wildman–Crippen MR) is 94.0 cm³/mol. The van der Waals surface area contributed by atoms with E-state index < -0.39 is 53.6 Å². The number of halogens is 3. The number of anilines is 1. The fourth-order valence-electron chi connectivity index (χ4n) is 2.19. The van der Waals surface area contributed by atoms with Crippen LogP contribution in [0.15, 0.2) is 36.4 Å². The van der Waals surface area contributed by atoms with Gasteiger partial charge in [-0.1, -0.05) is 17.7 Å². The van der Waals surface area contributed by atoms with E-state index in [-0.39, 0.29) is 0 Å². The first-order chi connectivity index (χ1) is 13.2. The van der Waals surface area contributed by atoms with Crippen LogP contribution in [0.4, 0.5) is 18.9 Å². The van der Waals surface area contributed by atoms with Gasteiger partial charge >= 0.3 is 5.97 Å². The van der Waals surface area contributed by atoms with Gasteiger partial charge in [0.25, 0.3) is 11.8 Å². The van der Waals surface area contributed by atoms with E-state index >= 15 is 0 Å². The summed E-state index contributed by atoms with van der Waals surface area (Å²) in [6.45, 7) is 2.51. The lowest BCUT2D eigenvalue weighted by Crippen LogP contribution is -2.36. The van der Waals surface area contributed by atoms with Crippen LogP contribution >= 0.6 is 0 Å². The van der Waals surface area contributed by atoms with Gasteiger partial charge in [0.15, 0.2) is 23.6 Å². The fraction of sp³-hybridized carbons (Fsp3) is 0.211. The highest BCUT2D eigenvalue weighted by Crippen LogP contribution is 2.19. The zero-order chi connectivity index (χ0) is 20.8. The monoisotopic (exact) mass is 394 g/mol. The Balaban J connectivity index is 1.87. The normalized spacial score (nSPS) is 11.5. The summed E-state index contributed by atoms with van der Waals surface area (Å²) in [5.41, 5.74) is 0.622. The first kappa shape index (κ1) is 20.9. The third-order valence-electron chi connectivity index (χ3n) is 3.64. The second-order valence-corrected chi connectivity index (χ2v) is 5.90. The molecular formula is C19H17F3N2O4. The third-order valence-corrected chi connectivity index (χ3v) is 3.64. The molecule has 0 aliphatic carbocycles. The van der Waals surface area contributed by atoms with Gasteiger partial charge in [0.05, 0.1) is 5.69 Å². The van der Waals surface area contributed by atoms with E-state index in [2.05, 4.69) is 5.32 Å². The summed E-state index contributed by atoms with van der Waals surface area (Å²) >= 11 is 0. The zero-order valence-electron chi connectivity index (χ0n) is 15.0. The number of ether oxygens (including phenoxy) is 1. The minimum absolute atomic E-state index is 0.354. The van der Waals surface area contributed by atoms with Crippen molar-refractivity contribution in [2.75, 3.05) is 11.9 Å². The molecule has 0 bridgehead atoms. The SMILES string of the molecule is Cc1cccc(C(=O)NCC(=O)OC(C)C(=O)Nc2ccc(F)c(F)c2F)c1. The molecule has 28 heavy (non-hydrogen) atoms. The molecule has 0 spiro atoms. The van der Waals surface area contributed by atoms with E-state index in [1.807, 2.05) is 5.32 Å². The lowest BCUT2D eigenvalue weighted by molar-refractivity contribution is -0.152. The van der Waals surface area contributed by atoms with Crippen LogP contribution in [0.5, 0.6) is 0 Å². The quantitative estimate of drug-likeness (QED) is 0.583. The average Bonchev–Trinajstić information content (AvgIpc) is 2.66. The van der Waals surface area contributed by atoms with Crippen LogP contribution in [0.2, 0.25) is 0 Å². The van der Waals surface area contributed by atoms with E-state index in [0.29, 0.717) is 11.6 Å². The van der Waals surface area contributed by atoms with Crippen molar-refractivity contribution in [3.05, 3.63) is 65.0 Å². The van der Waals surface area contributed by atoms with Gasteiger partial charge in [-0.15, -0.1) is 0 Å². The smallest absolute Gasteiger partial charge is 0.326 e. The van der Waals surface area contributed by atoms with Crippen molar-refractivity contribution in [3.8, 4) is 0 Å². The van der Waals surface area contributed by atoms with Gasteiger partial charge in [-0.05, 0) is 38.1 Å². The first-order valence-corrected chi connectivity index (χ1v) is 8.17. The van der Waals surface area contributed by atoms with E-state index in [9.17, 15) is 27.6 Å². The minimum Gasteiger partial charge on any atom is -0.451 e. The summed E-state index contributed by atoms with van der Waals surface area (Å²) in [4.78, 5) is 35.7. The van der Waals surface area contributed by atoms with Gasteiger partial charge < -0.3 is 15.4 Å². The third kappa shape index (κ3) is 5.32. The van der Waals surface area contributed by atoms with E-state index in [1.54, 1.807) is 31.2 Å². The Kier molecular flexibility index (Phi) is 6.75. The minimum atomic E-state index is -1.73. The van der Waals surface area contributed by atoms with Gasteiger partial charge in [0, 0.05) is 5.56 Å². The Morgan fingerprint density at radius 2 is 1.79 bits per heavy atom. The maximum absolute atomic E-state index is 13.6. The number of rotatable bonds is 6.